The Hall–Kier alpha value is -4.67. The number of benzene rings is 2. The molecule has 11 nitrogen and oxygen atoms in total. The van der Waals surface area contributed by atoms with Gasteiger partial charge in [0.2, 0.25) is 5.91 Å². The number of hydrogen-bond acceptors (Lipinski definition) is 7. The van der Waals surface area contributed by atoms with Crippen LogP contribution < -0.4 is 33.0 Å². The van der Waals surface area contributed by atoms with Gasteiger partial charge < -0.3 is 27.4 Å². The highest BCUT2D eigenvalue weighted by atomic mass is 16.2. The van der Waals surface area contributed by atoms with Crippen LogP contribution in [0.1, 0.15) is 41.8 Å². The lowest BCUT2D eigenvalue weighted by atomic mass is 10.1. The van der Waals surface area contributed by atoms with Gasteiger partial charge in [-0.3, -0.25) is 24.4 Å². The lowest BCUT2D eigenvalue weighted by molar-refractivity contribution is -0.121. The van der Waals surface area contributed by atoms with Crippen molar-refractivity contribution in [3.05, 3.63) is 75.7 Å². The first-order chi connectivity index (χ1) is 17.6. The van der Waals surface area contributed by atoms with Crippen LogP contribution in [0, 0.1) is 5.41 Å². The number of nitrogens with one attached hydrogen (secondary N) is 4. The fourth-order valence-corrected chi connectivity index (χ4v) is 3.59. The Morgan fingerprint density at radius 1 is 1.14 bits per heavy atom. The number of amidine groups is 1. The van der Waals surface area contributed by atoms with Crippen molar-refractivity contribution < 1.29 is 9.59 Å². The standard InChI is InChI=1S/C26H32N8O3/c1-4-15(2)33-25(36)19-9-18(10-20(27)11-19)21-13-32-24(30-3)26(37)34(21)14-22(35)31-12-16-5-7-17(8-6-16)23(28)29/h5-11,13,15H,4,12,14,27H2,1-3H3,(H3,28,29)(H,30,32)(H,31,35)(H,33,36)/t15-/m0/s1. The summed E-state index contributed by atoms with van der Waals surface area (Å²) >= 11 is 0. The van der Waals surface area contributed by atoms with Crippen LogP contribution in [0.15, 0.2) is 53.5 Å². The molecule has 11 heteroatoms. The fourth-order valence-electron chi connectivity index (χ4n) is 3.59. The maximum Gasteiger partial charge on any atom is 0.294 e. The van der Waals surface area contributed by atoms with E-state index in [4.69, 9.17) is 16.9 Å². The molecule has 8 N–H and O–H groups in total. The zero-order chi connectivity index (χ0) is 27.1. The van der Waals surface area contributed by atoms with Gasteiger partial charge >= 0.3 is 0 Å². The van der Waals surface area contributed by atoms with Crippen molar-refractivity contribution in [1.82, 2.24) is 20.2 Å². The van der Waals surface area contributed by atoms with Gasteiger partial charge in [0.05, 0.1) is 11.9 Å². The van der Waals surface area contributed by atoms with Crippen molar-refractivity contribution in [3.63, 3.8) is 0 Å². The molecule has 3 rings (SSSR count). The highest BCUT2D eigenvalue weighted by Gasteiger charge is 2.17. The maximum atomic E-state index is 13.1. The summed E-state index contributed by atoms with van der Waals surface area (Å²) in [7, 11) is 1.57. The average molecular weight is 505 g/mol. The number of nitrogens with zero attached hydrogens (tertiary/aromatic N) is 2. The van der Waals surface area contributed by atoms with E-state index in [0.29, 0.717) is 28.1 Å². The highest BCUT2D eigenvalue weighted by Crippen LogP contribution is 2.23. The third kappa shape index (κ3) is 6.72. The van der Waals surface area contributed by atoms with Gasteiger partial charge in [0.1, 0.15) is 12.4 Å². The minimum Gasteiger partial charge on any atom is -0.399 e. The number of carbonyl (C=O) groups is 2. The first-order valence-electron chi connectivity index (χ1n) is 11.8. The van der Waals surface area contributed by atoms with Crippen molar-refractivity contribution in [3.8, 4) is 11.3 Å². The van der Waals surface area contributed by atoms with Crippen LogP contribution in [0.3, 0.4) is 0 Å². The number of carbonyl (C=O) groups excluding carboxylic acids is 2. The van der Waals surface area contributed by atoms with Gasteiger partial charge in [-0.05, 0) is 37.1 Å². The smallest absolute Gasteiger partial charge is 0.294 e. The Morgan fingerprint density at radius 2 is 1.84 bits per heavy atom. The van der Waals surface area contributed by atoms with Gasteiger partial charge in [0.15, 0.2) is 5.82 Å². The van der Waals surface area contributed by atoms with E-state index in [1.54, 1.807) is 49.5 Å². The molecule has 1 atom stereocenters. The van der Waals surface area contributed by atoms with E-state index >= 15 is 0 Å². The first-order valence-corrected chi connectivity index (χ1v) is 11.8. The van der Waals surface area contributed by atoms with Crippen LogP contribution in [-0.2, 0) is 17.9 Å². The summed E-state index contributed by atoms with van der Waals surface area (Å²) in [6.07, 6.45) is 2.23. The maximum absolute atomic E-state index is 13.1. The minimum absolute atomic E-state index is 0.0190. The number of nitrogen functional groups attached to an aromatic ring is 2. The number of amides is 2. The molecule has 0 unspecified atom stereocenters. The zero-order valence-electron chi connectivity index (χ0n) is 21.1. The van der Waals surface area contributed by atoms with Gasteiger partial charge in [-0.2, -0.15) is 0 Å². The summed E-state index contributed by atoms with van der Waals surface area (Å²) in [4.78, 5) is 42.8. The molecule has 194 valence electrons. The second kappa shape index (κ2) is 11.8. The van der Waals surface area contributed by atoms with Crippen molar-refractivity contribution in [2.75, 3.05) is 18.1 Å². The zero-order valence-corrected chi connectivity index (χ0v) is 21.1. The lowest BCUT2D eigenvalue weighted by Gasteiger charge is -2.16. The molecular formula is C26H32N8O3. The Kier molecular flexibility index (Phi) is 8.62. The van der Waals surface area contributed by atoms with Gasteiger partial charge in [-0.15, -0.1) is 0 Å². The van der Waals surface area contributed by atoms with Gasteiger partial charge in [0.25, 0.3) is 11.5 Å². The SMILES string of the molecule is CC[C@H](C)NC(=O)c1cc(N)cc(-c2cnc(NC)c(=O)n2CC(=O)NCc2ccc(C(=N)N)cc2)c1. The molecule has 37 heavy (non-hydrogen) atoms. The molecular weight excluding hydrogens is 472 g/mol. The molecule has 0 aliphatic rings. The third-order valence-corrected chi connectivity index (χ3v) is 5.85. The van der Waals surface area contributed by atoms with Gasteiger partial charge in [0, 0.05) is 42.0 Å². The van der Waals surface area contributed by atoms with Crippen LogP contribution in [-0.4, -0.2) is 40.3 Å². The predicted molar refractivity (Wildman–Crippen MR) is 144 cm³/mol. The summed E-state index contributed by atoms with van der Waals surface area (Å²) in [5.41, 5.74) is 14.0. The summed E-state index contributed by atoms with van der Waals surface area (Å²) in [6, 6.07) is 11.7. The number of rotatable bonds is 10. The molecule has 2 aromatic carbocycles. The fraction of sp³-hybridized carbons (Fsp3) is 0.269. The molecule has 0 spiro atoms. The van der Waals surface area contributed by atoms with Crippen LogP contribution in [0.5, 0.6) is 0 Å². The molecule has 0 aliphatic heterocycles. The monoisotopic (exact) mass is 504 g/mol. The molecule has 0 saturated carbocycles. The normalized spacial score (nSPS) is 11.4. The number of aromatic nitrogens is 2. The highest BCUT2D eigenvalue weighted by molar-refractivity contribution is 5.97. The molecule has 1 aromatic heterocycles. The predicted octanol–water partition coefficient (Wildman–Crippen LogP) is 1.66. The van der Waals surface area contributed by atoms with Crippen LogP contribution >= 0.6 is 0 Å². The molecule has 0 fully saturated rings. The van der Waals surface area contributed by atoms with Crippen LogP contribution in [0.2, 0.25) is 0 Å². The van der Waals surface area contributed by atoms with E-state index in [0.717, 1.165) is 12.0 Å². The van der Waals surface area contributed by atoms with Crippen LogP contribution in [0.25, 0.3) is 11.3 Å². The Bertz CT molecular complexity index is 1370. The molecule has 0 radical (unpaired) electrons. The van der Waals surface area contributed by atoms with E-state index in [9.17, 15) is 14.4 Å². The molecule has 0 bridgehead atoms. The molecule has 0 saturated heterocycles. The van der Waals surface area contributed by atoms with Crippen molar-refractivity contribution in [1.29, 1.82) is 5.41 Å². The molecule has 3 aromatic rings. The largest absolute Gasteiger partial charge is 0.399 e. The van der Waals surface area contributed by atoms with Gasteiger partial charge in [-0.25, -0.2) is 4.98 Å². The van der Waals surface area contributed by atoms with E-state index < -0.39 is 11.5 Å². The van der Waals surface area contributed by atoms with Crippen LogP contribution in [0.4, 0.5) is 11.5 Å². The first kappa shape index (κ1) is 26.9. The van der Waals surface area contributed by atoms with E-state index in [2.05, 4.69) is 20.9 Å². The average Bonchev–Trinajstić information content (AvgIpc) is 2.88. The molecule has 2 amide bonds. The summed E-state index contributed by atoms with van der Waals surface area (Å²) in [5, 5.41) is 15.9. The molecule has 1 heterocycles. The van der Waals surface area contributed by atoms with Crippen molar-refractivity contribution in [2.24, 2.45) is 5.73 Å². The number of anilines is 2. The Labute approximate surface area is 214 Å². The second-order valence-electron chi connectivity index (χ2n) is 8.65. The summed E-state index contributed by atoms with van der Waals surface area (Å²) in [6.45, 7) is 3.82. The molecule has 0 aliphatic carbocycles. The topological polar surface area (TPSA) is 181 Å². The summed E-state index contributed by atoms with van der Waals surface area (Å²) < 4.78 is 1.29. The van der Waals surface area contributed by atoms with Gasteiger partial charge in [-0.1, -0.05) is 31.2 Å². The van der Waals surface area contributed by atoms with Crippen molar-refractivity contribution >= 4 is 29.2 Å². The Morgan fingerprint density at radius 3 is 2.46 bits per heavy atom. The lowest BCUT2D eigenvalue weighted by Crippen LogP contribution is -2.34. The van der Waals surface area contributed by atoms with Crippen molar-refractivity contribution in [2.45, 2.75) is 39.4 Å². The number of nitrogens with two attached hydrogens (primary N) is 2. The van der Waals surface area contributed by atoms with E-state index in [1.165, 1.54) is 10.8 Å². The van der Waals surface area contributed by atoms with E-state index in [-0.39, 0.29) is 36.7 Å². The number of hydrogen-bond donors (Lipinski definition) is 6. The summed E-state index contributed by atoms with van der Waals surface area (Å²) in [5.74, 6) is -0.645. The Balaban J connectivity index is 1.89. The minimum atomic E-state index is -0.492. The quantitative estimate of drug-likeness (QED) is 0.138. The van der Waals surface area contributed by atoms with E-state index in [1.807, 2.05) is 13.8 Å². The third-order valence-electron chi connectivity index (χ3n) is 5.85. The second-order valence-corrected chi connectivity index (χ2v) is 8.65.